The molecule has 0 amide bonds. The van der Waals surface area contributed by atoms with E-state index in [-0.39, 0.29) is 0 Å². The zero-order chi connectivity index (χ0) is 46.4. The Hall–Kier alpha value is -9.52. The molecule has 6 nitrogen and oxygen atoms in total. The number of oxazole rings is 1. The van der Waals surface area contributed by atoms with Gasteiger partial charge in [-0.3, -0.25) is 0 Å². The van der Waals surface area contributed by atoms with Gasteiger partial charge in [0, 0.05) is 44.3 Å². The van der Waals surface area contributed by atoms with Crippen LogP contribution >= 0.6 is 0 Å². The highest BCUT2D eigenvalue weighted by atomic mass is 16.3. The SMILES string of the molecule is c1ccc(-c2ccc(-c3nc(-c4cccc(-c5cccc(-c6ccc(-c7cccc8nc(-c9ccccc9)oc78)cc6)c5)c4)nc(-c4cccc5c4c4ccccc4n5-c4ccccc4)n3)cc2)cc1. The predicted octanol–water partition coefficient (Wildman–Crippen LogP) is 16.4. The lowest BCUT2D eigenvalue weighted by Crippen LogP contribution is -2.01. The van der Waals surface area contributed by atoms with Crippen molar-refractivity contribution < 1.29 is 4.42 Å². The van der Waals surface area contributed by atoms with Gasteiger partial charge in [0.15, 0.2) is 23.1 Å². The van der Waals surface area contributed by atoms with Crippen molar-refractivity contribution in [2.24, 2.45) is 0 Å². The van der Waals surface area contributed by atoms with Crippen LogP contribution in [-0.2, 0) is 0 Å². The highest BCUT2D eigenvalue weighted by molar-refractivity contribution is 6.15. The van der Waals surface area contributed by atoms with E-state index in [0.29, 0.717) is 23.4 Å². The molecule has 13 rings (SSSR count). The van der Waals surface area contributed by atoms with Crippen LogP contribution in [0, 0.1) is 0 Å². The molecular formula is C64H41N5O. The molecule has 3 heterocycles. The molecule has 0 aliphatic heterocycles. The summed E-state index contributed by atoms with van der Waals surface area (Å²) in [5.41, 5.74) is 17.4. The van der Waals surface area contributed by atoms with Crippen molar-refractivity contribution >= 4 is 32.9 Å². The Morgan fingerprint density at radius 2 is 0.771 bits per heavy atom. The van der Waals surface area contributed by atoms with Crippen molar-refractivity contribution in [2.75, 3.05) is 0 Å². The van der Waals surface area contributed by atoms with Crippen molar-refractivity contribution in [1.29, 1.82) is 0 Å². The van der Waals surface area contributed by atoms with Crippen LogP contribution in [0.2, 0.25) is 0 Å². The molecule has 0 aliphatic rings. The van der Waals surface area contributed by atoms with Gasteiger partial charge in [0.1, 0.15) is 5.52 Å². The smallest absolute Gasteiger partial charge is 0.227 e. The van der Waals surface area contributed by atoms with Gasteiger partial charge in [-0.05, 0) is 93.5 Å². The number of hydrogen-bond donors (Lipinski definition) is 0. The van der Waals surface area contributed by atoms with Crippen LogP contribution in [0.3, 0.4) is 0 Å². The second kappa shape index (κ2) is 17.3. The van der Waals surface area contributed by atoms with Gasteiger partial charge >= 0.3 is 0 Å². The summed E-state index contributed by atoms with van der Waals surface area (Å²) < 4.78 is 8.69. The maximum Gasteiger partial charge on any atom is 0.227 e. The lowest BCUT2D eigenvalue weighted by Gasteiger charge is -2.12. The van der Waals surface area contributed by atoms with Crippen molar-refractivity contribution in [2.45, 2.75) is 0 Å². The second-order valence-electron chi connectivity index (χ2n) is 17.4. The summed E-state index contributed by atoms with van der Waals surface area (Å²) in [4.78, 5) is 20.6. The standard InChI is InChI=1S/C64H41N5O/c1-4-16-42(17-5-1)43-34-38-46(39-35-43)61-66-62(68-63(67-61)55-28-15-31-58-59(55)54-26-10-11-30-57(54)69(58)52-24-8-3-9-25-52)51-23-13-22-50(41-51)49-21-12-20-48(40-49)44-32-36-45(37-33-44)53-27-14-29-56-60(53)70-64(65-56)47-18-6-2-7-19-47/h1-41H. The first-order chi connectivity index (χ1) is 34.7. The predicted molar refractivity (Wildman–Crippen MR) is 285 cm³/mol. The Bertz CT molecular complexity index is 4030. The number of rotatable bonds is 9. The minimum absolute atomic E-state index is 0.599. The Morgan fingerprint density at radius 1 is 0.300 bits per heavy atom. The van der Waals surface area contributed by atoms with E-state index in [4.69, 9.17) is 24.4 Å². The summed E-state index contributed by atoms with van der Waals surface area (Å²) in [6.07, 6.45) is 0. The molecule has 0 N–H and O–H groups in total. The molecule has 0 saturated heterocycles. The summed E-state index contributed by atoms with van der Waals surface area (Å²) in [6, 6.07) is 86.5. The summed E-state index contributed by atoms with van der Waals surface area (Å²) in [6.45, 7) is 0. The molecule has 0 bridgehead atoms. The van der Waals surface area contributed by atoms with Crippen LogP contribution in [0.1, 0.15) is 0 Å². The van der Waals surface area contributed by atoms with Gasteiger partial charge in [-0.2, -0.15) is 0 Å². The minimum atomic E-state index is 0.599. The van der Waals surface area contributed by atoms with E-state index in [9.17, 15) is 0 Å². The molecule has 10 aromatic carbocycles. The molecule has 0 fully saturated rings. The Morgan fingerprint density at radius 3 is 1.50 bits per heavy atom. The van der Waals surface area contributed by atoms with Crippen molar-refractivity contribution in [1.82, 2.24) is 24.5 Å². The normalized spacial score (nSPS) is 11.4. The summed E-state index contributed by atoms with van der Waals surface area (Å²) in [7, 11) is 0. The van der Waals surface area contributed by atoms with E-state index in [1.54, 1.807) is 0 Å². The fourth-order valence-electron chi connectivity index (χ4n) is 9.70. The first-order valence-corrected chi connectivity index (χ1v) is 23.5. The number of fused-ring (bicyclic) bond motifs is 4. The van der Waals surface area contributed by atoms with Crippen molar-refractivity contribution in [3.63, 3.8) is 0 Å². The lowest BCUT2D eigenvalue weighted by molar-refractivity contribution is 0.621. The molecule has 3 aromatic heterocycles. The maximum atomic E-state index is 6.36. The van der Waals surface area contributed by atoms with Crippen LogP contribution in [0.25, 0.3) is 129 Å². The van der Waals surface area contributed by atoms with Gasteiger partial charge in [-0.1, -0.05) is 194 Å². The molecule has 6 heteroatoms. The van der Waals surface area contributed by atoms with Crippen LogP contribution in [-0.4, -0.2) is 24.5 Å². The fourth-order valence-corrected chi connectivity index (χ4v) is 9.70. The first-order valence-electron chi connectivity index (χ1n) is 23.5. The first kappa shape index (κ1) is 40.7. The monoisotopic (exact) mass is 895 g/mol. The van der Waals surface area contributed by atoms with Crippen molar-refractivity contribution in [3.8, 4) is 95.8 Å². The van der Waals surface area contributed by atoms with Gasteiger partial charge in [-0.15, -0.1) is 0 Å². The van der Waals surface area contributed by atoms with E-state index >= 15 is 0 Å². The Balaban J connectivity index is 0.885. The van der Waals surface area contributed by atoms with Gasteiger partial charge in [-0.25, -0.2) is 19.9 Å². The molecule has 70 heavy (non-hydrogen) atoms. The van der Waals surface area contributed by atoms with Crippen LogP contribution < -0.4 is 0 Å². The molecule has 328 valence electrons. The van der Waals surface area contributed by atoms with E-state index in [1.807, 2.05) is 48.5 Å². The number of nitrogens with zero attached hydrogens (tertiary/aromatic N) is 5. The quantitative estimate of drug-likeness (QED) is 0.144. The van der Waals surface area contributed by atoms with Crippen LogP contribution in [0.5, 0.6) is 0 Å². The van der Waals surface area contributed by atoms with Gasteiger partial charge in [0.25, 0.3) is 0 Å². The number of para-hydroxylation sites is 3. The number of aromatic nitrogens is 5. The third-order valence-electron chi connectivity index (χ3n) is 13.1. The van der Waals surface area contributed by atoms with Crippen molar-refractivity contribution in [3.05, 3.63) is 249 Å². The van der Waals surface area contributed by atoms with E-state index in [1.165, 1.54) is 0 Å². The largest absolute Gasteiger partial charge is 0.435 e. The maximum absolute atomic E-state index is 6.36. The zero-order valence-electron chi connectivity index (χ0n) is 37.8. The molecule has 0 spiro atoms. The third-order valence-corrected chi connectivity index (χ3v) is 13.1. The van der Waals surface area contributed by atoms with E-state index in [0.717, 1.165) is 105 Å². The molecular weight excluding hydrogens is 855 g/mol. The highest BCUT2D eigenvalue weighted by Gasteiger charge is 2.20. The molecule has 0 aliphatic carbocycles. The second-order valence-corrected chi connectivity index (χ2v) is 17.4. The average molecular weight is 896 g/mol. The molecule has 0 unspecified atom stereocenters. The molecule has 0 atom stereocenters. The number of benzene rings is 10. The third kappa shape index (κ3) is 7.41. The zero-order valence-corrected chi connectivity index (χ0v) is 37.8. The van der Waals surface area contributed by atoms with Gasteiger partial charge in [0.05, 0.1) is 11.0 Å². The average Bonchev–Trinajstić information content (AvgIpc) is 4.04. The van der Waals surface area contributed by atoms with Gasteiger partial charge < -0.3 is 8.98 Å². The fraction of sp³-hybridized carbons (Fsp3) is 0. The molecule has 0 saturated carbocycles. The lowest BCUT2D eigenvalue weighted by atomic mass is 9.96. The summed E-state index contributed by atoms with van der Waals surface area (Å²) >= 11 is 0. The van der Waals surface area contributed by atoms with E-state index < -0.39 is 0 Å². The summed E-state index contributed by atoms with van der Waals surface area (Å²) in [5, 5.41) is 2.23. The van der Waals surface area contributed by atoms with Gasteiger partial charge in [0.2, 0.25) is 5.89 Å². The Kier molecular flexibility index (Phi) is 10.1. The van der Waals surface area contributed by atoms with E-state index in [2.05, 4.69) is 205 Å². The highest BCUT2D eigenvalue weighted by Crippen LogP contribution is 2.40. The van der Waals surface area contributed by atoms with Crippen LogP contribution in [0.4, 0.5) is 0 Å². The molecule has 13 aromatic rings. The summed E-state index contributed by atoms with van der Waals surface area (Å²) in [5.74, 6) is 2.44. The number of hydrogen-bond acceptors (Lipinski definition) is 5. The minimum Gasteiger partial charge on any atom is -0.435 e. The van der Waals surface area contributed by atoms with Crippen LogP contribution in [0.15, 0.2) is 253 Å². The topological polar surface area (TPSA) is 69.6 Å². The Labute approximate surface area is 404 Å². The molecule has 0 radical (unpaired) electrons.